The highest BCUT2D eigenvalue weighted by atomic mass is 16.5. The highest BCUT2D eigenvalue weighted by Gasteiger charge is 2.29. The zero-order valence-corrected chi connectivity index (χ0v) is 34.0. The number of carboxylic acid groups (broad SMARTS) is 3. The minimum atomic E-state index is -1.02. The van der Waals surface area contributed by atoms with Gasteiger partial charge in [-0.15, -0.1) is 0 Å². The average molecular weight is 837 g/mol. The van der Waals surface area contributed by atoms with Crippen LogP contribution in [0.4, 0.5) is 0 Å². The Bertz CT molecular complexity index is 1840. The molecule has 0 radical (unpaired) electrons. The molecular weight excluding hydrogens is 780 g/mol. The van der Waals surface area contributed by atoms with Crippen molar-refractivity contribution in [3.63, 3.8) is 0 Å². The summed E-state index contributed by atoms with van der Waals surface area (Å²) in [4.78, 5) is 91.1. The summed E-state index contributed by atoms with van der Waals surface area (Å²) < 4.78 is 6.06. The lowest BCUT2D eigenvalue weighted by Crippen LogP contribution is -2.53. The van der Waals surface area contributed by atoms with Crippen LogP contribution in [0.25, 0.3) is 10.9 Å². The molecule has 0 unspecified atom stereocenters. The maximum atomic E-state index is 13.5. The molecule has 20 heteroatoms. The summed E-state index contributed by atoms with van der Waals surface area (Å²) in [5.74, 6) is -3.23. The van der Waals surface area contributed by atoms with Crippen molar-refractivity contribution in [1.82, 2.24) is 44.6 Å². The van der Waals surface area contributed by atoms with Crippen LogP contribution in [0.15, 0.2) is 30.5 Å². The van der Waals surface area contributed by atoms with Gasteiger partial charge in [-0.3, -0.25) is 58.3 Å². The molecule has 1 aromatic carbocycles. The van der Waals surface area contributed by atoms with Crippen LogP contribution >= 0.6 is 0 Å². The normalized spacial score (nSPS) is 19.6. The summed E-state index contributed by atoms with van der Waals surface area (Å²) in [7, 11) is 0. The number of carbonyl (C=O) groups excluding carboxylic acids is 3. The molecule has 0 saturated carbocycles. The van der Waals surface area contributed by atoms with Gasteiger partial charge in [-0.1, -0.05) is 0 Å². The van der Waals surface area contributed by atoms with Crippen LogP contribution < -0.4 is 10.1 Å². The predicted molar refractivity (Wildman–Crippen MR) is 216 cm³/mol. The molecular formula is C40H56N10O10. The molecule has 60 heavy (non-hydrogen) atoms. The number of pyridine rings is 1. The number of aromatic nitrogens is 1. The third-order valence-electron chi connectivity index (χ3n) is 11.1. The van der Waals surface area contributed by atoms with E-state index >= 15 is 0 Å². The molecule has 326 valence electrons. The van der Waals surface area contributed by atoms with Crippen molar-refractivity contribution in [1.29, 1.82) is 5.26 Å². The van der Waals surface area contributed by atoms with E-state index < -0.39 is 29.9 Å². The number of carboxylic acids is 3. The Balaban J connectivity index is 1.07. The van der Waals surface area contributed by atoms with E-state index in [1.807, 2.05) is 9.80 Å². The van der Waals surface area contributed by atoms with Crippen LogP contribution in [-0.2, 0) is 24.0 Å². The maximum absolute atomic E-state index is 13.5. The molecule has 3 amide bonds. The summed E-state index contributed by atoms with van der Waals surface area (Å²) in [6, 6.07) is 8.60. The smallest absolute Gasteiger partial charge is 0.317 e. The monoisotopic (exact) mass is 836 g/mol. The number of ether oxygens (including phenoxy) is 1. The van der Waals surface area contributed by atoms with Gasteiger partial charge in [0.2, 0.25) is 11.8 Å². The number of nitriles is 1. The molecule has 1 aromatic heterocycles. The van der Waals surface area contributed by atoms with Crippen molar-refractivity contribution in [3.8, 4) is 11.8 Å². The largest absolute Gasteiger partial charge is 0.494 e. The molecule has 4 N–H and O–H groups in total. The number of nitrogens with one attached hydrogen (secondary N) is 1. The van der Waals surface area contributed by atoms with E-state index in [1.54, 1.807) is 39.0 Å². The van der Waals surface area contributed by atoms with Gasteiger partial charge in [0.1, 0.15) is 11.8 Å². The summed E-state index contributed by atoms with van der Waals surface area (Å²) in [6.45, 7) is 5.95. The molecule has 2 aromatic rings. The van der Waals surface area contributed by atoms with Crippen LogP contribution in [0.2, 0.25) is 0 Å². The third-order valence-corrected chi connectivity index (χ3v) is 11.1. The van der Waals surface area contributed by atoms with Crippen LogP contribution in [0, 0.1) is 11.3 Å². The number of nitrogens with zero attached hydrogens (tertiary/aromatic N) is 9. The highest BCUT2D eigenvalue weighted by molar-refractivity contribution is 6.07. The van der Waals surface area contributed by atoms with Crippen molar-refractivity contribution in [3.05, 3.63) is 36.0 Å². The molecule has 5 rings (SSSR count). The van der Waals surface area contributed by atoms with Gasteiger partial charge < -0.3 is 35.2 Å². The van der Waals surface area contributed by atoms with Gasteiger partial charge in [0.05, 0.1) is 56.5 Å². The maximum Gasteiger partial charge on any atom is 0.317 e. The van der Waals surface area contributed by atoms with Gasteiger partial charge in [0.15, 0.2) is 0 Å². The second kappa shape index (κ2) is 22.8. The fourth-order valence-corrected chi connectivity index (χ4v) is 7.74. The molecule has 3 aliphatic rings. The van der Waals surface area contributed by atoms with Crippen molar-refractivity contribution < 1.29 is 48.8 Å². The second-order valence-electron chi connectivity index (χ2n) is 15.3. The Morgan fingerprint density at radius 2 is 1.27 bits per heavy atom. The lowest BCUT2D eigenvalue weighted by atomic mass is 10.1. The molecule has 0 spiro atoms. The van der Waals surface area contributed by atoms with Crippen molar-refractivity contribution in [2.45, 2.75) is 25.3 Å². The Morgan fingerprint density at radius 1 is 0.717 bits per heavy atom. The number of fused-ring (bicyclic) bond motifs is 1. The summed E-state index contributed by atoms with van der Waals surface area (Å²) in [5.41, 5.74) is 0.964. The number of likely N-dealkylation sites (tertiary alicyclic amines) is 1. The highest BCUT2D eigenvalue weighted by Crippen LogP contribution is 2.23. The first-order chi connectivity index (χ1) is 28.9. The Labute approximate surface area is 348 Å². The van der Waals surface area contributed by atoms with Gasteiger partial charge in [-0.2, -0.15) is 5.26 Å². The molecule has 0 bridgehead atoms. The first kappa shape index (κ1) is 45.6. The van der Waals surface area contributed by atoms with Gasteiger partial charge >= 0.3 is 17.9 Å². The molecule has 3 aliphatic heterocycles. The van der Waals surface area contributed by atoms with Gasteiger partial charge in [-0.25, -0.2) is 0 Å². The first-order valence-electron chi connectivity index (χ1n) is 20.4. The van der Waals surface area contributed by atoms with Crippen molar-refractivity contribution >= 4 is 46.5 Å². The number of rotatable bonds is 16. The quantitative estimate of drug-likeness (QED) is 0.146. The minimum absolute atomic E-state index is 0.0584. The van der Waals surface area contributed by atoms with E-state index in [2.05, 4.69) is 21.3 Å². The number of benzene rings is 1. The van der Waals surface area contributed by atoms with Crippen LogP contribution in [0.1, 0.15) is 29.6 Å². The van der Waals surface area contributed by atoms with Crippen LogP contribution in [0.3, 0.4) is 0 Å². The van der Waals surface area contributed by atoms with Crippen LogP contribution in [-0.4, -0.2) is 227 Å². The molecule has 3 fully saturated rings. The van der Waals surface area contributed by atoms with Crippen LogP contribution in [0.5, 0.6) is 5.75 Å². The lowest BCUT2D eigenvalue weighted by molar-refractivity contribution is -0.141. The Kier molecular flexibility index (Phi) is 17.3. The number of hydrogen-bond donors (Lipinski definition) is 4. The fraction of sp³-hybridized carbons (Fsp3) is 0.600. The van der Waals surface area contributed by atoms with Gasteiger partial charge in [0, 0.05) is 103 Å². The number of hydrogen-bond acceptors (Lipinski definition) is 14. The standard InChI is InChI=1S/C40H56N10O10/c41-24-30-3-1-9-50(30)35(51)25-43-40(59)32-6-7-42-34-5-4-31(23-33(32)34)60-22-2-8-44-18-20-49(21-19-44)36(52)26-45-10-12-46(27-37(53)54)14-16-48(29-39(57)58)17-15-47(13-11-45)28-38(55)56/h4-7,23,30H,1-3,8-22,25-29H2,(H,43,59)(H,53,54)(H,55,56)(H,57,58)/t30-/m0/s1. The summed E-state index contributed by atoms with van der Waals surface area (Å²) in [5, 5.41) is 41.0. The van der Waals surface area contributed by atoms with Gasteiger partial charge in [-0.05, 0) is 43.5 Å². The van der Waals surface area contributed by atoms with Crippen molar-refractivity contribution in [2.75, 3.05) is 131 Å². The van der Waals surface area contributed by atoms with E-state index in [-0.39, 0.29) is 44.5 Å². The lowest BCUT2D eigenvalue weighted by Gasteiger charge is -2.37. The zero-order chi connectivity index (χ0) is 43.0. The Hall–Kier alpha value is -5.46. The summed E-state index contributed by atoms with van der Waals surface area (Å²) >= 11 is 0. The SMILES string of the molecule is N#C[C@@H]1CCCN1C(=O)CNC(=O)c1ccnc2ccc(OCCCN3CCN(C(=O)CN4CCN(CC(=O)O)CCN(CC(=O)O)CCN(CC(=O)O)CC4)CC3)cc12. The van der Waals surface area contributed by atoms with Gasteiger partial charge in [0.25, 0.3) is 5.91 Å². The van der Waals surface area contributed by atoms with E-state index in [9.17, 15) is 49.3 Å². The fourth-order valence-electron chi connectivity index (χ4n) is 7.74. The molecule has 20 nitrogen and oxygen atoms in total. The number of carbonyl (C=O) groups is 6. The van der Waals surface area contributed by atoms with E-state index in [4.69, 9.17) is 4.74 Å². The van der Waals surface area contributed by atoms with E-state index in [1.165, 1.54) is 11.1 Å². The number of amides is 3. The number of aliphatic carboxylic acids is 3. The Morgan fingerprint density at radius 3 is 1.82 bits per heavy atom. The van der Waals surface area contributed by atoms with E-state index in [0.717, 1.165) is 19.4 Å². The summed E-state index contributed by atoms with van der Waals surface area (Å²) in [6.07, 6.45) is 3.65. The van der Waals surface area contributed by atoms with Crippen molar-refractivity contribution in [2.24, 2.45) is 0 Å². The molecule has 1 atom stereocenters. The first-order valence-corrected chi connectivity index (χ1v) is 20.4. The minimum Gasteiger partial charge on any atom is -0.494 e. The topological polar surface area (TPSA) is 244 Å². The second-order valence-corrected chi connectivity index (χ2v) is 15.3. The third kappa shape index (κ3) is 14.1. The molecule has 0 aliphatic carbocycles. The number of piperazine rings is 1. The molecule has 3 saturated heterocycles. The average Bonchev–Trinajstić information content (AvgIpc) is 3.71. The molecule has 4 heterocycles. The zero-order valence-electron chi connectivity index (χ0n) is 34.0. The predicted octanol–water partition coefficient (Wildman–Crippen LogP) is -1.13. The van der Waals surface area contributed by atoms with E-state index in [0.29, 0.717) is 120 Å².